The number of rotatable bonds is 43. The molecule has 0 aliphatic heterocycles. The van der Waals surface area contributed by atoms with E-state index in [0.717, 1.165) is 44.9 Å². The number of nitrogens with one attached hydrogen (secondary N) is 2. The summed E-state index contributed by atoms with van der Waals surface area (Å²) in [6, 6.07) is -1.14. The second-order valence-corrected chi connectivity index (χ2v) is 20.0. The van der Waals surface area contributed by atoms with E-state index in [9.17, 15) is 29.1 Å². The maximum atomic E-state index is 13.4. The van der Waals surface area contributed by atoms with Crippen molar-refractivity contribution in [2.24, 2.45) is 11.8 Å². The highest BCUT2D eigenvalue weighted by molar-refractivity contribution is 5.86. The molecule has 1 aliphatic rings. The standard InChI is InChI=1S/C53H98N2O8/c1-6-8-10-12-14-16-18-20-22-24-26-28-30-32-34-36-48(56)46-39-38-44(46)42-45(43-54-51(60)47(40-41-49(57)58)55-52(61)63-53(3,4)5)62-50(59)37-35-33-31-29-27-25-23-21-19-17-15-13-11-9-7-2/h44-47H,6-43H2,1-5H3,(H,54,60)(H,55,61)(H,57,58). The van der Waals surface area contributed by atoms with Crippen LogP contribution in [0.1, 0.15) is 272 Å². The third-order valence-electron chi connectivity index (χ3n) is 12.9. The van der Waals surface area contributed by atoms with E-state index in [0.29, 0.717) is 25.0 Å². The number of carbonyl (C=O) groups is 5. The molecular weight excluding hydrogens is 793 g/mol. The fourth-order valence-corrected chi connectivity index (χ4v) is 8.85. The molecule has 10 nitrogen and oxygen atoms in total. The van der Waals surface area contributed by atoms with Gasteiger partial charge in [-0.1, -0.05) is 194 Å². The van der Waals surface area contributed by atoms with Gasteiger partial charge in [0.25, 0.3) is 0 Å². The van der Waals surface area contributed by atoms with Crippen molar-refractivity contribution in [3.8, 4) is 0 Å². The van der Waals surface area contributed by atoms with Gasteiger partial charge in [0.05, 0.1) is 6.54 Å². The Kier molecular flexibility index (Phi) is 35.8. The van der Waals surface area contributed by atoms with Crippen LogP contribution in [0.5, 0.6) is 0 Å². The van der Waals surface area contributed by atoms with Crippen LogP contribution in [0.15, 0.2) is 0 Å². The Hall–Kier alpha value is -2.65. The molecule has 1 rings (SSSR count). The zero-order chi connectivity index (χ0) is 46.4. The number of ketones is 1. The van der Waals surface area contributed by atoms with Gasteiger partial charge < -0.3 is 25.2 Å². The lowest BCUT2D eigenvalue weighted by Gasteiger charge is -2.37. The van der Waals surface area contributed by atoms with Gasteiger partial charge in [0, 0.05) is 25.2 Å². The highest BCUT2D eigenvalue weighted by atomic mass is 16.6. The number of unbranched alkanes of at least 4 members (excludes halogenated alkanes) is 28. The minimum absolute atomic E-state index is 0.0134. The Bertz CT molecular complexity index is 1190. The summed E-state index contributed by atoms with van der Waals surface area (Å²) in [6.07, 6.45) is 39.1. The second-order valence-electron chi connectivity index (χ2n) is 20.0. The van der Waals surface area contributed by atoms with E-state index in [1.807, 2.05) is 0 Å². The number of hydrogen-bond donors (Lipinski definition) is 3. The molecule has 0 saturated heterocycles. The summed E-state index contributed by atoms with van der Waals surface area (Å²) < 4.78 is 11.3. The highest BCUT2D eigenvalue weighted by Crippen LogP contribution is 2.39. The average Bonchev–Trinajstić information content (AvgIpc) is 3.21. The average molecular weight is 891 g/mol. The first-order chi connectivity index (χ1) is 30.4. The van der Waals surface area contributed by atoms with Crippen LogP contribution in [0, 0.1) is 11.8 Å². The van der Waals surface area contributed by atoms with Gasteiger partial charge in [-0.15, -0.1) is 0 Å². The first kappa shape index (κ1) is 58.4. The van der Waals surface area contributed by atoms with Crippen LogP contribution in [0.3, 0.4) is 0 Å². The van der Waals surface area contributed by atoms with Gasteiger partial charge in [0.1, 0.15) is 23.5 Å². The fourth-order valence-electron chi connectivity index (χ4n) is 8.85. The topological polar surface area (TPSA) is 148 Å². The predicted octanol–water partition coefficient (Wildman–Crippen LogP) is 14.3. The fraction of sp³-hybridized carbons (Fsp3) is 0.906. The first-order valence-corrected chi connectivity index (χ1v) is 26.6. The molecule has 0 heterocycles. The van der Waals surface area contributed by atoms with Crippen LogP contribution < -0.4 is 10.6 Å². The molecule has 3 N–H and O–H groups in total. The number of carbonyl (C=O) groups excluding carboxylic acids is 4. The molecule has 0 bridgehead atoms. The quantitative estimate of drug-likeness (QED) is 0.0405. The molecule has 0 aromatic heterocycles. The van der Waals surface area contributed by atoms with Crippen LogP contribution in [-0.2, 0) is 28.7 Å². The lowest BCUT2D eigenvalue weighted by molar-refractivity contribution is -0.151. The minimum atomic E-state index is -1.14. The van der Waals surface area contributed by atoms with Crippen molar-refractivity contribution in [1.29, 1.82) is 0 Å². The molecule has 0 aromatic rings. The minimum Gasteiger partial charge on any atom is -0.481 e. The summed E-state index contributed by atoms with van der Waals surface area (Å²) in [6.45, 7) is 9.65. The zero-order valence-corrected chi connectivity index (χ0v) is 41.5. The normalized spacial score (nSPS) is 15.9. The molecular formula is C53H98N2O8. The third kappa shape index (κ3) is 34.4. The van der Waals surface area contributed by atoms with E-state index in [2.05, 4.69) is 24.5 Å². The zero-order valence-electron chi connectivity index (χ0n) is 41.5. The van der Waals surface area contributed by atoms with Crippen LogP contribution in [0.4, 0.5) is 4.79 Å². The predicted molar refractivity (Wildman–Crippen MR) is 258 cm³/mol. The monoisotopic (exact) mass is 891 g/mol. The SMILES string of the molecule is CCCCCCCCCCCCCCCCCC(=O)OC(CNC(=O)C(CCC(=O)O)NC(=O)OC(C)(C)C)CC1CCC1C(=O)CCCCCCCCCCCCCCCCC. The smallest absolute Gasteiger partial charge is 0.408 e. The maximum absolute atomic E-state index is 13.4. The summed E-state index contributed by atoms with van der Waals surface area (Å²) in [5.41, 5.74) is -0.799. The molecule has 0 spiro atoms. The molecule has 368 valence electrons. The van der Waals surface area contributed by atoms with Gasteiger partial charge >= 0.3 is 18.0 Å². The van der Waals surface area contributed by atoms with Gasteiger partial charge in [0.15, 0.2) is 0 Å². The number of hydrogen-bond acceptors (Lipinski definition) is 7. The molecule has 0 radical (unpaired) electrons. The van der Waals surface area contributed by atoms with Crippen molar-refractivity contribution in [3.63, 3.8) is 0 Å². The van der Waals surface area contributed by atoms with Crippen LogP contribution in [-0.4, -0.2) is 59.1 Å². The van der Waals surface area contributed by atoms with Crippen molar-refractivity contribution in [2.75, 3.05) is 6.54 Å². The summed E-state index contributed by atoms with van der Waals surface area (Å²) in [7, 11) is 0. The molecule has 4 unspecified atom stereocenters. The van der Waals surface area contributed by atoms with Gasteiger partial charge in [0.2, 0.25) is 5.91 Å². The van der Waals surface area contributed by atoms with E-state index < -0.39 is 35.7 Å². The number of Topliss-reactive ketones (excluding diaryl/α,β-unsaturated/α-hetero) is 1. The van der Waals surface area contributed by atoms with Crippen LogP contribution in [0.2, 0.25) is 0 Å². The number of esters is 1. The molecule has 1 aliphatic carbocycles. The van der Waals surface area contributed by atoms with E-state index in [1.165, 1.54) is 161 Å². The van der Waals surface area contributed by atoms with Crippen molar-refractivity contribution >= 4 is 29.7 Å². The molecule has 0 aromatic carbocycles. The molecule has 10 heteroatoms. The lowest BCUT2D eigenvalue weighted by Crippen LogP contribution is -2.50. The van der Waals surface area contributed by atoms with Gasteiger partial charge in [-0.3, -0.25) is 19.2 Å². The largest absolute Gasteiger partial charge is 0.481 e. The lowest BCUT2D eigenvalue weighted by atomic mass is 9.68. The number of alkyl carbamates (subject to hydrolysis) is 1. The van der Waals surface area contributed by atoms with Crippen molar-refractivity contribution in [2.45, 2.75) is 290 Å². The van der Waals surface area contributed by atoms with Gasteiger partial charge in [-0.05, 0) is 65.2 Å². The third-order valence-corrected chi connectivity index (χ3v) is 12.9. The van der Waals surface area contributed by atoms with Gasteiger partial charge in [-0.2, -0.15) is 0 Å². The van der Waals surface area contributed by atoms with Crippen molar-refractivity contribution < 1.29 is 38.6 Å². The van der Waals surface area contributed by atoms with Crippen LogP contribution >= 0.6 is 0 Å². The number of amides is 2. The Morgan fingerprint density at radius 1 is 0.571 bits per heavy atom. The van der Waals surface area contributed by atoms with E-state index in [4.69, 9.17) is 9.47 Å². The first-order valence-electron chi connectivity index (χ1n) is 26.6. The Labute approximate surface area is 386 Å². The molecule has 1 saturated carbocycles. The maximum Gasteiger partial charge on any atom is 0.408 e. The van der Waals surface area contributed by atoms with Crippen molar-refractivity contribution in [1.82, 2.24) is 10.6 Å². The van der Waals surface area contributed by atoms with E-state index in [-0.39, 0.29) is 37.2 Å². The highest BCUT2D eigenvalue weighted by Gasteiger charge is 2.38. The molecule has 63 heavy (non-hydrogen) atoms. The Balaban J connectivity index is 2.57. The molecule has 2 amide bonds. The number of carboxylic acid groups (broad SMARTS) is 1. The van der Waals surface area contributed by atoms with Crippen molar-refractivity contribution in [3.05, 3.63) is 0 Å². The molecule has 4 atom stereocenters. The number of ether oxygens (including phenoxy) is 2. The summed E-state index contributed by atoms with van der Waals surface area (Å²) in [4.78, 5) is 63.8. The van der Waals surface area contributed by atoms with E-state index in [1.54, 1.807) is 20.8 Å². The summed E-state index contributed by atoms with van der Waals surface area (Å²) in [5, 5.41) is 14.6. The van der Waals surface area contributed by atoms with Crippen LogP contribution in [0.25, 0.3) is 0 Å². The Morgan fingerprint density at radius 3 is 1.37 bits per heavy atom. The Morgan fingerprint density at radius 2 is 0.984 bits per heavy atom. The van der Waals surface area contributed by atoms with E-state index >= 15 is 0 Å². The second kappa shape index (κ2) is 38.6. The number of carboxylic acids is 1. The summed E-state index contributed by atoms with van der Waals surface area (Å²) in [5.74, 6) is -1.64. The molecule has 1 fully saturated rings. The summed E-state index contributed by atoms with van der Waals surface area (Å²) >= 11 is 0. The van der Waals surface area contributed by atoms with Gasteiger partial charge in [-0.25, -0.2) is 4.79 Å². The number of aliphatic carboxylic acids is 1.